The third kappa shape index (κ3) is 5.36. The van der Waals surface area contributed by atoms with Crippen LogP contribution in [-0.4, -0.2) is 18.7 Å². The highest BCUT2D eigenvalue weighted by molar-refractivity contribution is 5.78. The summed E-state index contributed by atoms with van der Waals surface area (Å²) in [6.07, 6.45) is 3.21. The molecule has 0 saturated carbocycles. The maximum absolute atomic E-state index is 13.3. The zero-order valence-electron chi connectivity index (χ0n) is 12.0. The summed E-state index contributed by atoms with van der Waals surface area (Å²) in [5.74, 6) is -0.883. The van der Waals surface area contributed by atoms with Crippen molar-refractivity contribution in [3.8, 4) is 5.75 Å². The number of hydrogen-bond acceptors (Lipinski definition) is 3. The normalized spacial score (nSPS) is 10.6. The Morgan fingerprint density at radius 2 is 1.86 bits per heavy atom. The zero-order chi connectivity index (χ0) is 15.6. The van der Waals surface area contributed by atoms with E-state index in [0.29, 0.717) is 0 Å². The van der Waals surface area contributed by atoms with Gasteiger partial charge in [-0.2, -0.15) is 5.10 Å². The number of carbonyl (C=O) groups excluding carboxylic acids is 1. The summed E-state index contributed by atoms with van der Waals surface area (Å²) < 4.78 is 18.3. The standard InChI is InChI=1S/C17H17FN2O2/c18-15-10-4-5-11-16(15)22-13-17(21)20-19-12-6-9-14-7-2-1-3-8-14/h1-5,7-8,10-12H,6,9,13H2,(H,20,21)/b19-12+. The summed E-state index contributed by atoms with van der Waals surface area (Å²) in [5, 5.41) is 3.82. The molecule has 2 aromatic carbocycles. The smallest absolute Gasteiger partial charge is 0.277 e. The van der Waals surface area contributed by atoms with Crippen molar-refractivity contribution in [1.29, 1.82) is 0 Å². The fourth-order valence-corrected chi connectivity index (χ4v) is 1.80. The molecule has 0 spiro atoms. The Kier molecular flexibility index (Phi) is 6.11. The van der Waals surface area contributed by atoms with E-state index in [1.807, 2.05) is 30.3 Å². The average molecular weight is 300 g/mol. The van der Waals surface area contributed by atoms with Gasteiger partial charge in [0.05, 0.1) is 0 Å². The molecular formula is C17H17FN2O2. The molecular weight excluding hydrogens is 283 g/mol. The van der Waals surface area contributed by atoms with Crippen LogP contribution in [0.25, 0.3) is 0 Å². The van der Waals surface area contributed by atoms with Crippen LogP contribution >= 0.6 is 0 Å². The number of ether oxygens (including phenoxy) is 1. The van der Waals surface area contributed by atoms with Gasteiger partial charge in [-0.15, -0.1) is 0 Å². The summed E-state index contributed by atoms with van der Waals surface area (Å²) in [5.41, 5.74) is 3.55. The second-order valence-electron chi connectivity index (χ2n) is 4.59. The summed E-state index contributed by atoms with van der Waals surface area (Å²) in [4.78, 5) is 11.5. The van der Waals surface area contributed by atoms with Crippen LogP contribution in [-0.2, 0) is 11.2 Å². The third-order valence-electron chi connectivity index (χ3n) is 2.88. The van der Waals surface area contributed by atoms with Crippen LogP contribution in [0.4, 0.5) is 4.39 Å². The second kappa shape index (κ2) is 8.56. The summed E-state index contributed by atoms with van der Waals surface area (Å²) in [6.45, 7) is -0.281. The number of amides is 1. The lowest BCUT2D eigenvalue weighted by atomic mass is 10.1. The summed E-state index contributed by atoms with van der Waals surface area (Å²) >= 11 is 0. The van der Waals surface area contributed by atoms with Crippen molar-refractivity contribution < 1.29 is 13.9 Å². The first-order valence-electron chi connectivity index (χ1n) is 6.97. The van der Waals surface area contributed by atoms with Crippen LogP contribution in [0.2, 0.25) is 0 Å². The van der Waals surface area contributed by atoms with Gasteiger partial charge in [0, 0.05) is 6.21 Å². The van der Waals surface area contributed by atoms with E-state index in [1.54, 1.807) is 18.3 Å². The SMILES string of the molecule is O=C(COc1ccccc1F)N/N=C/CCc1ccccc1. The number of carbonyl (C=O) groups is 1. The maximum Gasteiger partial charge on any atom is 0.277 e. The van der Waals surface area contributed by atoms with Gasteiger partial charge in [-0.1, -0.05) is 42.5 Å². The molecule has 0 saturated heterocycles. The van der Waals surface area contributed by atoms with Crippen molar-refractivity contribution in [3.05, 3.63) is 66.0 Å². The molecule has 0 aliphatic rings. The third-order valence-corrected chi connectivity index (χ3v) is 2.88. The van der Waals surface area contributed by atoms with Gasteiger partial charge in [-0.25, -0.2) is 9.82 Å². The van der Waals surface area contributed by atoms with Gasteiger partial charge in [0.25, 0.3) is 5.91 Å². The number of hydrazone groups is 1. The van der Waals surface area contributed by atoms with E-state index < -0.39 is 11.7 Å². The molecule has 2 rings (SSSR count). The molecule has 0 fully saturated rings. The van der Waals surface area contributed by atoms with E-state index in [-0.39, 0.29) is 12.4 Å². The minimum atomic E-state index is -0.498. The Morgan fingerprint density at radius 1 is 1.14 bits per heavy atom. The number of benzene rings is 2. The van der Waals surface area contributed by atoms with Crippen LogP contribution in [0.3, 0.4) is 0 Å². The highest BCUT2D eigenvalue weighted by Crippen LogP contribution is 2.14. The topological polar surface area (TPSA) is 50.7 Å². The molecule has 114 valence electrons. The molecule has 0 aliphatic heterocycles. The quantitative estimate of drug-likeness (QED) is 0.631. The Bertz CT molecular complexity index is 630. The molecule has 2 aromatic rings. The Labute approximate surface area is 128 Å². The molecule has 0 bridgehead atoms. The summed E-state index contributed by atoms with van der Waals surface area (Å²) in [7, 11) is 0. The molecule has 0 unspecified atom stereocenters. The first-order chi connectivity index (χ1) is 10.8. The molecule has 1 amide bonds. The van der Waals surface area contributed by atoms with Gasteiger partial charge in [0.15, 0.2) is 18.2 Å². The largest absolute Gasteiger partial charge is 0.481 e. The molecule has 0 aromatic heterocycles. The lowest BCUT2D eigenvalue weighted by molar-refractivity contribution is -0.123. The highest BCUT2D eigenvalue weighted by Gasteiger charge is 2.04. The second-order valence-corrected chi connectivity index (χ2v) is 4.59. The fourth-order valence-electron chi connectivity index (χ4n) is 1.80. The fraction of sp³-hybridized carbons (Fsp3) is 0.176. The molecule has 1 N–H and O–H groups in total. The lowest BCUT2D eigenvalue weighted by Gasteiger charge is -2.05. The number of nitrogens with zero attached hydrogens (tertiary/aromatic N) is 1. The zero-order valence-corrected chi connectivity index (χ0v) is 12.0. The van der Waals surface area contributed by atoms with Crippen LogP contribution in [0.15, 0.2) is 59.7 Å². The van der Waals surface area contributed by atoms with Gasteiger partial charge in [0.1, 0.15) is 0 Å². The van der Waals surface area contributed by atoms with E-state index in [1.165, 1.54) is 17.7 Å². The molecule has 22 heavy (non-hydrogen) atoms. The van der Waals surface area contributed by atoms with E-state index in [0.717, 1.165) is 12.8 Å². The van der Waals surface area contributed by atoms with Crippen molar-refractivity contribution in [3.63, 3.8) is 0 Å². The molecule has 4 nitrogen and oxygen atoms in total. The van der Waals surface area contributed by atoms with E-state index in [2.05, 4.69) is 10.5 Å². The van der Waals surface area contributed by atoms with Crippen molar-refractivity contribution >= 4 is 12.1 Å². The number of rotatable bonds is 7. The van der Waals surface area contributed by atoms with Crippen LogP contribution < -0.4 is 10.2 Å². The Balaban J connectivity index is 1.65. The minimum Gasteiger partial charge on any atom is -0.481 e. The van der Waals surface area contributed by atoms with Gasteiger partial charge >= 0.3 is 0 Å². The lowest BCUT2D eigenvalue weighted by Crippen LogP contribution is -2.24. The molecule has 0 heterocycles. The van der Waals surface area contributed by atoms with Crippen LogP contribution in [0.1, 0.15) is 12.0 Å². The Morgan fingerprint density at radius 3 is 2.64 bits per heavy atom. The number of nitrogens with one attached hydrogen (secondary N) is 1. The minimum absolute atomic E-state index is 0.0470. The van der Waals surface area contributed by atoms with Gasteiger partial charge in [-0.05, 0) is 30.5 Å². The van der Waals surface area contributed by atoms with Crippen molar-refractivity contribution in [2.75, 3.05) is 6.61 Å². The predicted molar refractivity (Wildman–Crippen MR) is 83.3 cm³/mol. The first-order valence-corrected chi connectivity index (χ1v) is 6.97. The molecule has 0 radical (unpaired) electrons. The van der Waals surface area contributed by atoms with E-state index in [9.17, 15) is 9.18 Å². The molecule has 0 atom stereocenters. The van der Waals surface area contributed by atoms with Crippen molar-refractivity contribution in [2.45, 2.75) is 12.8 Å². The summed E-state index contributed by atoms with van der Waals surface area (Å²) in [6, 6.07) is 15.9. The van der Waals surface area contributed by atoms with Gasteiger partial charge in [0.2, 0.25) is 0 Å². The van der Waals surface area contributed by atoms with Crippen LogP contribution in [0, 0.1) is 5.82 Å². The van der Waals surface area contributed by atoms with Crippen LogP contribution in [0.5, 0.6) is 5.75 Å². The average Bonchev–Trinajstić information content (AvgIpc) is 2.55. The predicted octanol–water partition coefficient (Wildman–Crippen LogP) is 2.94. The molecule has 5 heteroatoms. The van der Waals surface area contributed by atoms with Gasteiger partial charge < -0.3 is 4.74 Å². The maximum atomic E-state index is 13.3. The number of aryl methyl sites for hydroxylation is 1. The van der Waals surface area contributed by atoms with E-state index >= 15 is 0 Å². The van der Waals surface area contributed by atoms with Gasteiger partial charge in [-0.3, -0.25) is 4.79 Å². The number of halogens is 1. The molecule has 0 aliphatic carbocycles. The number of para-hydroxylation sites is 1. The monoisotopic (exact) mass is 300 g/mol. The Hall–Kier alpha value is -2.69. The van der Waals surface area contributed by atoms with E-state index in [4.69, 9.17) is 4.74 Å². The van der Waals surface area contributed by atoms with Crippen molar-refractivity contribution in [1.82, 2.24) is 5.43 Å². The first kappa shape index (κ1) is 15.7. The number of hydrogen-bond donors (Lipinski definition) is 1. The highest BCUT2D eigenvalue weighted by atomic mass is 19.1. The van der Waals surface area contributed by atoms with Crippen molar-refractivity contribution in [2.24, 2.45) is 5.10 Å².